The molecule has 0 N–H and O–H groups in total. The zero-order chi connectivity index (χ0) is 13.1. The molecule has 0 aliphatic carbocycles. The smallest absolute Gasteiger partial charge is 0.379 e. The molecule has 2 rings (SSSR count). The van der Waals surface area contributed by atoms with Crippen LogP contribution in [0.25, 0.3) is 10.9 Å². The lowest BCUT2D eigenvalue weighted by Crippen LogP contribution is -2.15. The lowest BCUT2D eigenvalue weighted by Gasteiger charge is -2.00. The van der Waals surface area contributed by atoms with Crippen molar-refractivity contribution >= 4 is 22.7 Å². The van der Waals surface area contributed by atoms with E-state index in [0.29, 0.717) is 5.56 Å². The van der Waals surface area contributed by atoms with Gasteiger partial charge in [0.25, 0.3) is 5.78 Å². The summed E-state index contributed by atoms with van der Waals surface area (Å²) in [5.74, 6) is -1.42. The summed E-state index contributed by atoms with van der Waals surface area (Å²) in [6.07, 6.45) is 2.69. The largest absolute Gasteiger partial charge is 0.463 e. The Labute approximate surface area is 105 Å². The lowest BCUT2D eigenvalue weighted by atomic mass is 10.1. The van der Waals surface area contributed by atoms with Crippen molar-refractivity contribution in [2.24, 2.45) is 0 Å². The first-order valence-electron chi connectivity index (χ1n) is 5.89. The van der Waals surface area contributed by atoms with Crippen molar-refractivity contribution in [2.75, 3.05) is 7.11 Å². The second kappa shape index (κ2) is 5.04. The summed E-state index contributed by atoms with van der Waals surface area (Å²) < 4.78 is 6.48. The van der Waals surface area contributed by atoms with E-state index < -0.39 is 11.8 Å². The molecule has 0 aliphatic rings. The van der Waals surface area contributed by atoms with Crippen LogP contribution in [0.15, 0.2) is 30.5 Å². The van der Waals surface area contributed by atoms with Crippen molar-refractivity contribution in [2.45, 2.75) is 19.9 Å². The van der Waals surface area contributed by atoms with E-state index in [1.165, 1.54) is 7.11 Å². The number of aryl methyl sites for hydroxylation is 1. The second-order valence-corrected chi connectivity index (χ2v) is 4.07. The van der Waals surface area contributed by atoms with Crippen molar-refractivity contribution in [1.29, 1.82) is 0 Å². The van der Waals surface area contributed by atoms with E-state index in [-0.39, 0.29) is 0 Å². The van der Waals surface area contributed by atoms with Gasteiger partial charge in [-0.15, -0.1) is 0 Å². The Balaban J connectivity index is 2.57. The van der Waals surface area contributed by atoms with Gasteiger partial charge in [-0.1, -0.05) is 25.1 Å². The molecule has 1 heterocycles. The van der Waals surface area contributed by atoms with Gasteiger partial charge in [-0.2, -0.15) is 0 Å². The number of nitrogens with zero attached hydrogens (tertiary/aromatic N) is 1. The molecule has 0 saturated heterocycles. The number of rotatable bonds is 4. The number of aromatic nitrogens is 1. The fourth-order valence-corrected chi connectivity index (χ4v) is 2.06. The van der Waals surface area contributed by atoms with Crippen LogP contribution < -0.4 is 0 Å². The highest BCUT2D eigenvalue weighted by Crippen LogP contribution is 2.22. The van der Waals surface area contributed by atoms with E-state index >= 15 is 0 Å². The van der Waals surface area contributed by atoms with Crippen LogP contribution in [-0.2, 0) is 16.1 Å². The first kappa shape index (κ1) is 12.4. The van der Waals surface area contributed by atoms with E-state index in [9.17, 15) is 9.59 Å². The molecule has 4 heteroatoms. The van der Waals surface area contributed by atoms with E-state index in [2.05, 4.69) is 11.7 Å². The average molecular weight is 245 g/mol. The molecule has 0 radical (unpaired) electrons. The first-order chi connectivity index (χ1) is 8.69. The van der Waals surface area contributed by atoms with Crippen LogP contribution >= 0.6 is 0 Å². The molecular formula is C14H15NO3. The highest BCUT2D eigenvalue weighted by molar-refractivity contribution is 6.42. The molecule has 0 aliphatic heterocycles. The summed E-state index contributed by atoms with van der Waals surface area (Å²) in [6.45, 7) is 2.88. The number of methoxy groups -OCH3 is 1. The molecule has 2 aromatic rings. The third kappa shape index (κ3) is 2.01. The molecule has 0 fully saturated rings. The van der Waals surface area contributed by atoms with Crippen LogP contribution in [-0.4, -0.2) is 23.4 Å². The number of para-hydroxylation sites is 1. The number of esters is 1. The number of hydrogen-bond donors (Lipinski definition) is 0. The van der Waals surface area contributed by atoms with Crippen LogP contribution in [0, 0.1) is 0 Å². The van der Waals surface area contributed by atoms with Crippen LogP contribution in [0.3, 0.4) is 0 Å². The highest BCUT2D eigenvalue weighted by Gasteiger charge is 2.21. The zero-order valence-electron chi connectivity index (χ0n) is 10.5. The number of fused-ring (bicyclic) bond motifs is 1. The number of carbonyl (C=O) groups excluding carboxylic acids is 2. The molecule has 18 heavy (non-hydrogen) atoms. The number of hydrogen-bond acceptors (Lipinski definition) is 3. The Morgan fingerprint density at radius 1 is 1.28 bits per heavy atom. The number of benzene rings is 1. The summed E-state index contributed by atoms with van der Waals surface area (Å²) in [4.78, 5) is 23.3. The van der Waals surface area contributed by atoms with Crippen LogP contribution in [0.4, 0.5) is 0 Å². The molecule has 0 atom stereocenters. The summed E-state index contributed by atoms with van der Waals surface area (Å²) in [7, 11) is 1.21. The minimum Gasteiger partial charge on any atom is -0.463 e. The van der Waals surface area contributed by atoms with Crippen molar-refractivity contribution < 1.29 is 14.3 Å². The van der Waals surface area contributed by atoms with Crippen molar-refractivity contribution in [3.8, 4) is 0 Å². The maximum absolute atomic E-state index is 11.9. The van der Waals surface area contributed by atoms with Crippen LogP contribution in [0.5, 0.6) is 0 Å². The fraction of sp³-hybridized carbons (Fsp3) is 0.286. The summed E-state index contributed by atoms with van der Waals surface area (Å²) in [6, 6.07) is 7.56. The summed E-state index contributed by atoms with van der Waals surface area (Å²) in [5, 5.41) is 0.793. The minimum absolute atomic E-state index is 0.408. The van der Waals surface area contributed by atoms with Crippen molar-refractivity contribution in [1.82, 2.24) is 4.57 Å². The van der Waals surface area contributed by atoms with Gasteiger partial charge in [0.05, 0.1) is 12.7 Å². The topological polar surface area (TPSA) is 48.3 Å². The normalized spacial score (nSPS) is 10.6. The van der Waals surface area contributed by atoms with Gasteiger partial charge in [-0.25, -0.2) is 4.79 Å². The molecule has 0 saturated carbocycles. The Morgan fingerprint density at radius 2 is 2.00 bits per heavy atom. The van der Waals surface area contributed by atoms with Crippen molar-refractivity contribution in [3.63, 3.8) is 0 Å². The number of ether oxygens (including phenoxy) is 1. The molecule has 0 unspecified atom stereocenters. The van der Waals surface area contributed by atoms with Crippen molar-refractivity contribution in [3.05, 3.63) is 36.0 Å². The highest BCUT2D eigenvalue weighted by atomic mass is 16.5. The molecule has 4 nitrogen and oxygen atoms in total. The lowest BCUT2D eigenvalue weighted by molar-refractivity contribution is -0.135. The Kier molecular flexibility index (Phi) is 3.46. The molecule has 94 valence electrons. The zero-order valence-corrected chi connectivity index (χ0v) is 10.5. The maximum Gasteiger partial charge on any atom is 0.379 e. The Morgan fingerprint density at radius 3 is 2.67 bits per heavy atom. The molecule has 0 spiro atoms. The van der Waals surface area contributed by atoms with E-state index in [1.54, 1.807) is 6.20 Å². The Hall–Kier alpha value is -2.10. The third-order valence-corrected chi connectivity index (χ3v) is 2.87. The SMILES string of the molecule is CCCn1cc(C(=O)C(=O)OC)c2ccccc21. The van der Waals surface area contributed by atoms with Gasteiger partial charge in [0.15, 0.2) is 0 Å². The molecule has 1 aromatic heterocycles. The predicted octanol–water partition coefficient (Wildman–Crippen LogP) is 2.41. The standard InChI is InChI=1S/C14H15NO3/c1-3-8-15-9-11(13(16)14(17)18-2)10-6-4-5-7-12(10)15/h4-7,9H,3,8H2,1-2H3. The van der Waals surface area contributed by atoms with Gasteiger partial charge < -0.3 is 9.30 Å². The number of carbonyl (C=O) groups is 2. The number of Topliss-reactive ketones (excluding diaryl/α,β-unsaturated/α-hetero) is 1. The minimum atomic E-state index is -0.825. The predicted molar refractivity (Wildman–Crippen MR) is 68.6 cm³/mol. The third-order valence-electron chi connectivity index (χ3n) is 2.87. The van der Waals surface area contributed by atoms with Gasteiger partial charge in [-0.05, 0) is 12.5 Å². The maximum atomic E-state index is 11.9. The quantitative estimate of drug-likeness (QED) is 0.472. The average Bonchev–Trinajstić information content (AvgIpc) is 2.77. The van der Waals surface area contributed by atoms with Gasteiger partial charge in [-0.3, -0.25) is 4.79 Å². The van der Waals surface area contributed by atoms with Gasteiger partial charge in [0.2, 0.25) is 0 Å². The summed E-state index contributed by atoms with van der Waals surface area (Å²) >= 11 is 0. The van der Waals surface area contributed by atoms with Gasteiger partial charge in [0, 0.05) is 23.6 Å². The monoisotopic (exact) mass is 245 g/mol. The van der Waals surface area contributed by atoms with E-state index in [0.717, 1.165) is 23.9 Å². The first-order valence-corrected chi connectivity index (χ1v) is 5.89. The van der Waals surface area contributed by atoms with Gasteiger partial charge in [0.1, 0.15) is 0 Å². The number of ketones is 1. The van der Waals surface area contributed by atoms with Crippen LogP contribution in [0.1, 0.15) is 23.7 Å². The second-order valence-electron chi connectivity index (χ2n) is 4.07. The molecule has 0 amide bonds. The van der Waals surface area contributed by atoms with E-state index in [1.807, 2.05) is 28.8 Å². The molecule has 0 bridgehead atoms. The fourth-order valence-electron chi connectivity index (χ4n) is 2.06. The summed E-state index contributed by atoms with van der Waals surface area (Å²) in [5.41, 5.74) is 1.37. The van der Waals surface area contributed by atoms with Gasteiger partial charge >= 0.3 is 5.97 Å². The Bertz CT molecular complexity index is 598. The molecular weight excluding hydrogens is 230 g/mol. The van der Waals surface area contributed by atoms with Crippen LogP contribution in [0.2, 0.25) is 0 Å². The molecule has 1 aromatic carbocycles. The van der Waals surface area contributed by atoms with E-state index in [4.69, 9.17) is 0 Å².